The molecular formula is C9H8N2O6S. The Balaban J connectivity index is 3.15. The summed E-state index contributed by atoms with van der Waals surface area (Å²) < 4.78 is 4.37. The van der Waals surface area contributed by atoms with Gasteiger partial charge in [-0.3, -0.25) is 25.0 Å². The second-order valence-electron chi connectivity index (χ2n) is 3.00. The molecule has 0 spiro atoms. The number of hydrogen-bond donors (Lipinski definition) is 0. The zero-order valence-electron chi connectivity index (χ0n) is 9.19. The molecule has 0 aliphatic carbocycles. The van der Waals surface area contributed by atoms with Crippen molar-refractivity contribution < 1.29 is 19.4 Å². The number of hydrogen-bond acceptors (Lipinski definition) is 7. The van der Waals surface area contributed by atoms with E-state index in [4.69, 9.17) is 0 Å². The molecule has 0 aliphatic rings. The number of nitrogens with zero attached hydrogens (tertiary/aromatic N) is 2. The van der Waals surface area contributed by atoms with E-state index in [0.29, 0.717) is 11.8 Å². The fourth-order valence-corrected chi connectivity index (χ4v) is 2.10. The van der Waals surface area contributed by atoms with Crippen LogP contribution in [0.4, 0.5) is 11.4 Å². The standard InChI is InChI=1S/C9H8N2O6S/c1-17-8(12)5-18-9-6(10(13)14)3-2-4-7(9)11(15)16/h2-4H,5H2,1H3. The number of thioether (sulfide) groups is 1. The van der Waals surface area contributed by atoms with Crippen molar-refractivity contribution in [2.75, 3.05) is 12.9 Å². The Morgan fingerprint density at radius 1 is 1.28 bits per heavy atom. The maximum atomic E-state index is 11.0. The second-order valence-corrected chi connectivity index (χ2v) is 3.99. The maximum Gasteiger partial charge on any atom is 0.315 e. The summed E-state index contributed by atoms with van der Waals surface area (Å²) in [7, 11) is 1.16. The second kappa shape index (κ2) is 5.96. The fraction of sp³-hybridized carbons (Fsp3) is 0.222. The van der Waals surface area contributed by atoms with Crippen molar-refractivity contribution in [1.82, 2.24) is 0 Å². The highest BCUT2D eigenvalue weighted by atomic mass is 32.2. The molecule has 0 bridgehead atoms. The summed E-state index contributed by atoms with van der Waals surface area (Å²) in [5.74, 6) is -0.852. The van der Waals surface area contributed by atoms with Crippen LogP contribution in [0, 0.1) is 20.2 Å². The Morgan fingerprint density at radius 3 is 2.17 bits per heavy atom. The third-order valence-corrected chi connectivity index (χ3v) is 3.02. The van der Waals surface area contributed by atoms with Crippen LogP contribution in [0.15, 0.2) is 23.1 Å². The van der Waals surface area contributed by atoms with E-state index in [-0.39, 0.29) is 10.6 Å². The normalized spacial score (nSPS) is 9.83. The predicted molar refractivity (Wildman–Crippen MR) is 62.5 cm³/mol. The third kappa shape index (κ3) is 3.17. The topological polar surface area (TPSA) is 113 Å². The number of esters is 1. The van der Waals surface area contributed by atoms with Crippen molar-refractivity contribution in [2.45, 2.75) is 4.90 Å². The van der Waals surface area contributed by atoms with Gasteiger partial charge in [-0.05, 0) is 6.07 Å². The van der Waals surface area contributed by atoms with E-state index in [2.05, 4.69) is 4.74 Å². The van der Waals surface area contributed by atoms with Crippen LogP contribution < -0.4 is 0 Å². The summed E-state index contributed by atoms with van der Waals surface area (Å²) >= 11 is 0.705. The minimum atomic E-state index is -0.730. The highest BCUT2D eigenvalue weighted by Gasteiger charge is 2.25. The summed E-state index contributed by atoms with van der Waals surface area (Å²) in [4.78, 5) is 30.9. The molecule has 8 nitrogen and oxygen atoms in total. The molecule has 0 aromatic heterocycles. The van der Waals surface area contributed by atoms with Crippen molar-refractivity contribution in [3.8, 4) is 0 Å². The zero-order chi connectivity index (χ0) is 13.7. The Kier molecular flexibility index (Phi) is 4.60. The number of benzene rings is 1. The average molecular weight is 272 g/mol. The van der Waals surface area contributed by atoms with Gasteiger partial charge in [0.15, 0.2) is 4.90 Å². The van der Waals surface area contributed by atoms with Gasteiger partial charge in [0.25, 0.3) is 11.4 Å². The van der Waals surface area contributed by atoms with Gasteiger partial charge in [0.05, 0.1) is 22.7 Å². The van der Waals surface area contributed by atoms with E-state index in [1.165, 1.54) is 6.07 Å². The van der Waals surface area contributed by atoms with Crippen molar-refractivity contribution in [3.63, 3.8) is 0 Å². The molecule has 0 amide bonds. The number of methoxy groups -OCH3 is 1. The van der Waals surface area contributed by atoms with Gasteiger partial charge in [-0.25, -0.2) is 0 Å². The van der Waals surface area contributed by atoms with Crippen molar-refractivity contribution in [2.24, 2.45) is 0 Å². The molecule has 0 heterocycles. The minimum Gasteiger partial charge on any atom is -0.468 e. The van der Waals surface area contributed by atoms with Gasteiger partial charge in [-0.1, -0.05) is 0 Å². The Labute approximate surface area is 105 Å². The van der Waals surface area contributed by atoms with Gasteiger partial charge >= 0.3 is 5.97 Å². The first-order valence-electron chi connectivity index (χ1n) is 4.58. The Morgan fingerprint density at radius 2 is 1.78 bits per heavy atom. The first-order valence-corrected chi connectivity index (χ1v) is 5.57. The molecule has 0 saturated carbocycles. The molecule has 0 aliphatic heterocycles. The van der Waals surface area contributed by atoms with E-state index in [1.54, 1.807) is 0 Å². The van der Waals surface area contributed by atoms with Gasteiger partial charge in [0, 0.05) is 12.1 Å². The Bertz CT molecular complexity index is 472. The highest BCUT2D eigenvalue weighted by molar-refractivity contribution is 8.00. The van der Waals surface area contributed by atoms with Crippen molar-refractivity contribution >= 4 is 29.1 Å². The molecule has 1 rings (SSSR count). The first-order chi connectivity index (χ1) is 8.47. The number of nitro benzene ring substituents is 2. The van der Waals surface area contributed by atoms with Gasteiger partial charge in [-0.15, -0.1) is 11.8 Å². The number of ether oxygens (including phenoxy) is 1. The largest absolute Gasteiger partial charge is 0.468 e. The third-order valence-electron chi connectivity index (χ3n) is 1.93. The molecule has 0 N–H and O–H groups in total. The summed E-state index contributed by atoms with van der Waals surface area (Å²) in [6, 6.07) is 3.51. The van der Waals surface area contributed by atoms with Crippen molar-refractivity contribution in [3.05, 3.63) is 38.4 Å². The lowest BCUT2D eigenvalue weighted by molar-refractivity contribution is -0.399. The lowest BCUT2D eigenvalue weighted by Gasteiger charge is -2.03. The van der Waals surface area contributed by atoms with Gasteiger partial charge in [-0.2, -0.15) is 0 Å². The van der Waals surface area contributed by atoms with Gasteiger partial charge < -0.3 is 4.74 Å². The van der Waals surface area contributed by atoms with Crippen LogP contribution in [0.2, 0.25) is 0 Å². The lowest BCUT2D eigenvalue weighted by atomic mass is 10.3. The van der Waals surface area contributed by atoms with Crippen LogP contribution >= 0.6 is 11.8 Å². The van der Waals surface area contributed by atoms with Gasteiger partial charge in [0.1, 0.15) is 0 Å². The smallest absolute Gasteiger partial charge is 0.315 e. The molecule has 0 atom stereocenters. The van der Waals surface area contributed by atoms with E-state index in [9.17, 15) is 25.0 Å². The minimum absolute atomic E-state index is 0.155. The van der Waals surface area contributed by atoms with Crippen LogP contribution in [0.3, 0.4) is 0 Å². The molecule has 96 valence electrons. The van der Waals surface area contributed by atoms with E-state index < -0.39 is 27.2 Å². The SMILES string of the molecule is COC(=O)CSc1c([N+](=O)[O-])cccc1[N+](=O)[O-]. The monoisotopic (exact) mass is 272 g/mol. The molecule has 18 heavy (non-hydrogen) atoms. The van der Waals surface area contributed by atoms with Gasteiger partial charge in [0.2, 0.25) is 0 Å². The average Bonchev–Trinajstić information content (AvgIpc) is 2.34. The fourth-order valence-electron chi connectivity index (χ4n) is 1.14. The lowest BCUT2D eigenvalue weighted by Crippen LogP contribution is -2.04. The molecule has 0 fully saturated rings. The van der Waals surface area contributed by atoms with Crippen LogP contribution in [0.5, 0.6) is 0 Å². The zero-order valence-corrected chi connectivity index (χ0v) is 10.0. The maximum absolute atomic E-state index is 11.0. The quantitative estimate of drug-likeness (QED) is 0.347. The number of nitro groups is 2. The molecule has 9 heteroatoms. The van der Waals surface area contributed by atoms with E-state index in [1.807, 2.05) is 0 Å². The van der Waals surface area contributed by atoms with Crippen LogP contribution in [0.1, 0.15) is 0 Å². The van der Waals surface area contributed by atoms with Crippen molar-refractivity contribution in [1.29, 1.82) is 0 Å². The first kappa shape index (κ1) is 13.9. The summed E-state index contributed by atoms with van der Waals surface area (Å²) in [6.45, 7) is 0. The number of rotatable bonds is 5. The van der Waals surface area contributed by atoms with Crippen LogP contribution in [0.25, 0.3) is 0 Å². The molecule has 1 aromatic rings. The summed E-state index contributed by atoms with van der Waals surface area (Å²) in [5, 5.41) is 21.5. The van der Waals surface area contributed by atoms with Crippen LogP contribution in [-0.4, -0.2) is 28.7 Å². The van der Waals surface area contributed by atoms with Crippen LogP contribution in [-0.2, 0) is 9.53 Å². The van der Waals surface area contributed by atoms with E-state index in [0.717, 1.165) is 19.2 Å². The summed E-state index contributed by atoms with van der Waals surface area (Å²) in [6.07, 6.45) is 0. The number of carbonyl (C=O) groups is 1. The summed E-state index contributed by atoms with van der Waals surface area (Å²) in [5.41, 5.74) is -0.809. The molecular weight excluding hydrogens is 264 g/mol. The molecule has 0 saturated heterocycles. The molecule has 1 aromatic carbocycles. The molecule has 0 radical (unpaired) electrons. The van der Waals surface area contributed by atoms with E-state index >= 15 is 0 Å². The number of carbonyl (C=O) groups excluding carboxylic acids is 1. The Hall–Kier alpha value is -2.16. The molecule has 0 unspecified atom stereocenters. The highest BCUT2D eigenvalue weighted by Crippen LogP contribution is 2.37. The predicted octanol–water partition coefficient (Wildman–Crippen LogP) is 1.77.